The number of rotatable bonds is 10. The second-order valence-corrected chi connectivity index (χ2v) is 7.91. The van der Waals surface area contributed by atoms with Crippen molar-refractivity contribution in [2.24, 2.45) is 0 Å². The molecule has 1 N–H and O–H groups in total. The van der Waals surface area contributed by atoms with E-state index in [1.807, 2.05) is 6.92 Å². The monoisotopic (exact) mass is 426 g/mol. The minimum atomic E-state index is -3.82. The molecule has 0 bridgehead atoms. The number of carbonyl (C=O) groups is 1. The fourth-order valence-corrected chi connectivity index (χ4v) is 3.73. The van der Waals surface area contributed by atoms with Crippen LogP contribution in [0.25, 0.3) is 0 Å². The Kier molecular flexibility index (Phi) is 7.95. The molecule has 6 nitrogen and oxygen atoms in total. The van der Waals surface area contributed by atoms with E-state index in [4.69, 9.17) is 4.74 Å². The molecular weight excluding hydrogens is 402 g/mol. The molecule has 2 aromatic rings. The van der Waals surface area contributed by atoms with Gasteiger partial charge in [-0.05, 0) is 61.9 Å². The van der Waals surface area contributed by atoms with Crippen molar-refractivity contribution in [1.82, 2.24) is 4.90 Å². The highest BCUT2D eigenvalue weighted by Gasteiger charge is 2.19. The number of benzene rings is 2. The number of halogens is 2. The maximum absolute atomic E-state index is 12.7. The highest BCUT2D eigenvalue weighted by Crippen LogP contribution is 2.20. The number of hydrogen-bond acceptors (Lipinski definition) is 4. The maximum Gasteiger partial charge on any atom is 0.261 e. The van der Waals surface area contributed by atoms with Gasteiger partial charge in [0.2, 0.25) is 0 Å². The lowest BCUT2D eigenvalue weighted by Crippen LogP contribution is -2.35. The third kappa shape index (κ3) is 6.42. The number of carbonyl (C=O) groups excluding carboxylic acids is 1. The smallest absolute Gasteiger partial charge is 0.261 e. The van der Waals surface area contributed by atoms with E-state index < -0.39 is 28.9 Å². The molecule has 0 radical (unpaired) electrons. The molecule has 0 aliphatic heterocycles. The van der Waals surface area contributed by atoms with E-state index in [9.17, 15) is 22.0 Å². The molecule has 0 spiro atoms. The van der Waals surface area contributed by atoms with Crippen molar-refractivity contribution in [2.45, 2.75) is 31.6 Å². The van der Waals surface area contributed by atoms with Gasteiger partial charge in [0.15, 0.2) is 0 Å². The Morgan fingerprint density at radius 3 is 2.21 bits per heavy atom. The van der Waals surface area contributed by atoms with Gasteiger partial charge in [-0.15, -0.1) is 0 Å². The lowest BCUT2D eigenvalue weighted by Gasteiger charge is -2.21. The second kappa shape index (κ2) is 10.2. The van der Waals surface area contributed by atoms with Crippen LogP contribution in [0.15, 0.2) is 53.4 Å². The van der Waals surface area contributed by atoms with Crippen LogP contribution in [0.1, 0.15) is 30.6 Å². The van der Waals surface area contributed by atoms with Crippen molar-refractivity contribution < 1.29 is 26.7 Å². The van der Waals surface area contributed by atoms with Crippen LogP contribution in [-0.2, 0) is 10.0 Å². The Hall–Kier alpha value is -2.68. The predicted octanol–water partition coefficient (Wildman–Crippen LogP) is 4.00. The average Bonchev–Trinajstić information content (AvgIpc) is 2.68. The SMILES string of the molecule is CCCN(CC(F)F)C(=O)c1ccc(NS(=O)(=O)c2ccc(OCC)cc2)cc1. The molecule has 29 heavy (non-hydrogen) atoms. The molecule has 0 unspecified atom stereocenters. The van der Waals surface area contributed by atoms with Crippen LogP contribution in [0, 0.1) is 0 Å². The van der Waals surface area contributed by atoms with Crippen LogP contribution in [-0.4, -0.2) is 45.3 Å². The largest absolute Gasteiger partial charge is 0.494 e. The van der Waals surface area contributed by atoms with Gasteiger partial charge in [0.1, 0.15) is 5.75 Å². The molecule has 158 valence electrons. The van der Waals surface area contributed by atoms with E-state index in [-0.39, 0.29) is 22.7 Å². The number of hydrogen-bond donors (Lipinski definition) is 1. The Labute approximate surface area is 169 Å². The van der Waals surface area contributed by atoms with E-state index in [0.717, 1.165) is 4.90 Å². The molecule has 0 heterocycles. The Morgan fingerprint density at radius 1 is 1.07 bits per heavy atom. The van der Waals surface area contributed by atoms with Crippen LogP contribution in [0.5, 0.6) is 5.75 Å². The quantitative estimate of drug-likeness (QED) is 0.623. The topological polar surface area (TPSA) is 75.7 Å². The van der Waals surface area contributed by atoms with E-state index >= 15 is 0 Å². The first-order valence-corrected chi connectivity index (χ1v) is 10.7. The lowest BCUT2D eigenvalue weighted by atomic mass is 10.2. The zero-order chi connectivity index (χ0) is 21.4. The summed E-state index contributed by atoms with van der Waals surface area (Å²) in [5.41, 5.74) is 0.467. The predicted molar refractivity (Wildman–Crippen MR) is 107 cm³/mol. The summed E-state index contributed by atoms with van der Waals surface area (Å²) in [4.78, 5) is 13.6. The molecule has 1 amide bonds. The van der Waals surface area contributed by atoms with Gasteiger partial charge >= 0.3 is 0 Å². The Morgan fingerprint density at radius 2 is 1.69 bits per heavy atom. The molecule has 0 atom stereocenters. The number of nitrogens with one attached hydrogen (secondary N) is 1. The molecule has 2 aromatic carbocycles. The van der Waals surface area contributed by atoms with Gasteiger partial charge < -0.3 is 9.64 Å². The molecule has 9 heteroatoms. The van der Waals surface area contributed by atoms with Gasteiger partial charge in [-0.1, -0.05) is 6.92 Å². The summed E-state index contributed by atoms with van der Waals surface area (Å²) in [6.45, 7) is 3.68. The molecule has 2 rings (SSSR count). The summed E-state index contributed by atoms with van der Waals surface area (Å²) in [6, 6.07) is 11.6. The first-order chi connectivity index (χ1) is 13.8. The minimum absolute atomic E-state index is 0.0622. The fraction of sp³-hybridized carbons (Fsp3) is 0.350. The van der Waals surface area contributed by atoms with Crippen molar-refractivity contribution in [3.05, 3.63) is 54.1 Å². The van der Waals surface area contributed by atoms with Gasteiger partial charge in [0.05, 0.1) is 18.0 Å². The van der Waals surface area contributed by atoms with Crippen molar-refractivity contribution >= 4 is 21.6 Å². The number of sulfonamides is 1. The molecular formula is C20H24F2N2O4S. The Balaban J connectivity index is 2.11. The van der Waals surface area contributed by atoms with Crippen LogP contribution in [0.2, 0.25) is 0 Å². The van der Waals surface area contributed by atoms with Gasteiger partial charge in [0, 0.05) is 17.8 Å². The van der Waals surface area contributed by atoms with E-state index in [0.29, 0.717) is 18.8 Å². The standard InChI is InChI=1S/C20H24F2N2O4S/c1-3-13-24(14-19(21)22)20(25)15-5-7-16(8-6-15)23-29(26,27)18-11-9-17(10-12-18)28-4-2/h5-12,19,23H,3-4,13-14H2,1-2H3. The summed E-state index contributed by atoms with van der Waals surface area (Å²) < 4.78 is 58.1. The number of nitrogens with zero attached hydrogens (tertiary/aromatic N) is 1. The molecule has 0 aromatic heterocycles. The number of amides is 1. The average molecular weight is 426 g/mol. The normalized spacial score (nSPS) is 11.3. The first-order valence-electron chi connectivity index (χ1n) is 9.20. The summed E-state index contributed by atoms with van der Waals surface area (Å²) in [5.74, 6) is 0.0443. The number of alkyl halides is 2. The van der Waals surface area contributed by atoms with Crippen molar-refractivity contribution in [2.75, 3.05) is 24.4 Å². The lowest BCUT2D eigenvalue weighted by molar-refractivity contribution is 0.0555. The second-order valence-electron chi connectivity index (χ2n) is 6.23. The van der Waals surface area contributed by atoms with Crippen molar-refractivity contribution in [3.63, 3.8) is 0 Å². The molecule has 0 fully saturated rings. The number of ether oxygens (including phenoxy) is 1. The summed E-state index contributed by atoms with van der Waals surface area (Å²) in [5, 5.41) is 0. The third-order valence-electron chi connectivity index (χ3n) is 3.97. The maximum atomic E-state index is 12.7. The van der Waals surface area contributed by atoms with Crippen molar-refractivity contribution in [3.8, 4) is 5.75 Å². The highest BCUT2D eigenvalue weighted by atomic mass is 32.2. The van der Waals surface area contributed by atoms with Gasteiger partial charge in [0.25, 0.3) is 22.4 Å². The number of anilines is 1. The summed E-state index contributed by atoms with van der Waals surface area (Å²) in [7, 11) is -3.82. The highest BCUT2D eigenvalue weighted by molar-refractivity contribution is 7.92. The van der Waals surface area contributed by atoms with Crippen LogP contribution in [0.4, 0.5) is 14.5 Å². The third-order valence-corrected chi connectivity index (χ3v) is 5.37. The van der Waals surface area contributed by atoms with Gasteiger partial charge in [-0.2, -0.15) is 0 Å². The van der Waals surface area contributed by atoms with Crippen LogP contribution >= 0.6 is 0 Å². The fourth-order valence-electron chi connectivity index (χ4n) is 2.67. The van der Waals surface area contributed by atoms with Gasteiger partial charge in [-0.25, -0.2) is 17.2 Å². The van der Waals surface area contributed by atoms with Crippen LogP contribution in [0.3, 0.4) is 0 Å². The van der Waals surface area contributed by atoms with E-state index in [2.05, 4.69) is 4.72 Å². The molecule has 0 aliphatic carbocycles. The molecule has 0 saturated heterocycles. The van der Waals surface area contributed by atoms with Gasteiger partial charge in [-0.3, -0.25) is 9.52 Å². The molecule has 0 aliphatic rings. The minimum Gasteiger partial charge on any atom is -0.494 e. The Bertz CT molecular complexity index is 901. The zero-order valence-corrected chi connectivity index (χ0v) is 17.1. The summed E-state index contributed by atoms with van der Waals surface area (Å²) in [6.07, 6.45) is -2.07. The van der Waals surface area contributed by atoms with E-state index in [1.165, 1.54) is 36.4 Å². The summed E-state index contributed by atoms with van der Waals surface area (Å²) >= 11 is 0. The van der Waals surface area contributed by atoms with Crippen LogP contribution < -0.4 is 9.46 Å². The van der Waals surface area contributed by atoms with E-state index in [1.54, 1.807) is 19.1 Å². The first kappa shape index (κ1) is 22.6. The molecule has 0 saturated carbocycles. The zero-order valence-electron chi connectivity index (χ0n) is 16.3. The van der Waals surface area contributed by atoms with Crippen molar-refractivity contribution in [1.29, 1.82) is 0 Å².